The molecule has 0 radical (unpaired) electrons. The Labute approximate surface area is 121 Å². The molecule has 1 N–H and O–H groups in total. The van der Waals surface area contributed by atoms with Gasteiger partial charge in [-0.25, -0.2) is 4.98 Å². The number of hydrogen-bond donors (Lipinski definition) is 1. The van der Waals surface area contributed by atoms with E-state index in [1.165, 1.54) is 60.9 Å². The molecule has 19 heavy (non-hydrogen) atoms. The van der Waals surface area contributed by atoms with Gasteiger partial charge in [-0.1, -0.05) is 26.7 Å². The maximum absolute atomic E-state index is 4.97. The molecule has 3 nitrogen and oxygen atoms in total. The molecule has 1 aromatic heterocycles. The van der Waals surface area contributed by atoms with Crippen LogP contribution in [0.25, 0.3) is 0 Å². The van der Waals surface area contributed by atoms with Crippen molar-refractivity contribution < 1.29 is 0 Å². The fourth-order valence-electron chi connectivity index (χ4n) is 2.61. The molecule has 2 heterocycles. The lowest BCUT2D eigenvalue weighted by Crippen LogP contribution is -2.23. The minimum atomic E-state index is 0.570. The van der Waals surface area contributed by atoms with E-state index in [1.54, 1.807) is 0 Å². The summed E-state index contributed by atoms with van der Waals surface area (Å²) in [4.78, 5) is 8.90. The highest BCUT2D eigenvalue weighted by Crippen LogP contribution is 2.33. The van der Waals surface area contributed by atoms with Gasteiger partial charge in [-0.2, -0.15) is 0 Å². The minimum absolute atomic E-state index is 0.570. The van der Waals surface area contributed by atoms with E-state index in [1.807, 2.05) is 18.4 Å². The lowest BCUT2D eigenvalue weighted by Gasteiger charge is -2.18. The van der Waals surface area contributed by atoms with Gasteiger partial charge in [-0.3, -0.25) is 0 Å². The van der Waals surface area contributed by atoms with Crippen LogP contribution >= 0.6 is 11.3 Å². The second-order valence-corrected chi connectivity index (χ2v) is 6.61. The third kappa shape index (κ3) is 3.69. The highest BCUT2D eigenvalue weighted by Gasteiger charge is 2.19. The number of nitrogens with zero attached hydrogens (tertiary/aromatic N) is 2. The Bertz CT molecular complexity index is 381. The van der Waals surface area contributed by atoms with Crippen LogP contribution in [-0.2, 0) is 6.54 Å². The summed E-state index contributed by atoms with van der Waals surface area (Å²) in [6, 6.07) is 0. The summed E-state index contributed by atoms with van der Waals surface area (Å²) in [6.45, 7) is 7.86. The van der Waals surface area contributed by atoms with E-state index in [0.717, 1.165) is 6.54 Å². The molecule has 0 amide bonds. The number of nitrogens with one attached hydrogen (secondary N) is 1. The van der Waals surface area contributed by atoms with Crippen molar-refractivity contribution in [1.82, 2.24) is 10.3 Å². The molecule has 0 spiro atoms. The van der Waals surface area contributed by atoms with Crippen molar-refractivity contribution in [3.63, 3.8) is 0 Å². The van der Waals surface area contributed by atoms with Crippen LogP contribution < -0.4 is 10.2 Å². The van der Waals surface area contributed by atoms with Crippen molar-refractivity contribution in [2.24, 2.45) is 0 Å². The van der Waals surface area contributed by atoms with Crippen molar-refractivity contribution in [2.45, 2.75) is 58.4 Å². The molecule has 1 aromatic rings. The fraction of sp³-hybridized carbons (Fsp3) is 0.800. The quantitative estimate of drug-likeness (QED) is 0.891. The minimum Gasteiger partial charge on any atom is -0.348 e. The van der Waals surface area contributed by atoms with E-state index < -0.39 is 0 Å². The van der Waals surface area contributed by atoms with Crippen molar-refractivity contribution in [1.29, 1.82) is 0 Å². The topological polar surface area (TPSA) is 28.2 Å². The Morgan fingerprint density at radius 3 is 2.53 bits per heavy atom. The third-order valence-electron chi connectivity index (χ3n) is 4.01. The molecule has 0 aromatic carbocycles. The van der Waals surface area contributed by atoms with Crippen molar-refractivity contribution in [3.8, 4) is 0 Å². The van der Waals surface area contributed by atoms with Crippen LogP contribution in [0.1, 0.15) is 62.4 Å². The molecule has 4 heteroatoms. The average Bonchev–Trinajstić information content (AvgIpc) is 2.65. The summed E-state index contributed by atoms with van der Waals surface area (Å²) in [5.74, 6) is 0.570. The summed E-state index contributed by atoms with van der Waals surface area (Å²) in [5, 5.41) is 4.54. The summed E-state index contributed by atoms with van der Waals surface area (Å²) in [7, 11) is 2.02. The molecule has 1 atom stereocenters. The lowest BCUT2D eigenvalue weighted by atomic mass is 10.0. The first-order valence-corrected chi connectivity index (χ1v) is 8.47. The summed E-state index contributed by atoms with van der Waals surface area (Å²) < 4.78 is 0. The summed E-state index contributed by atoms with van der Waals surface area (Å²) in [5.41, 5.74) is 1.32. The van der Waals surface area contributed by atoms with Gasteiger partial charge in [-0.15, -0.1) is 11.3 Å². The first kappa shape index (κ1) is 14.8. The maximum atomic E-state index is 4.97. The Balaban J connectivity index is 2.20. The van der Waals surface area contributed by atoms with Gasteiger partial charge in [0.2, 0.25) is 0 Å². The monoisotopic (exact) mass is 281 g/mol. The van der Waals surface area contributed by atoms with E-state index in [0.29, 0.717) is 5.92 Å². The second-order valence-electron chi connectivity index (χ2n) is 5.55. The van der Waals surface area contributed by atoms with Crippen LogP contribution in [0.2, 0.25) is 0 Å². The molecule has 0 aliphatic carbocycles. The van der Waals surface area contributed by atoms with E-state index in [9.17, 15) is 0 Å². The van der Waals surface area contributed by atoms with Gasteiger partial charge in [0.25, 0.3) is 0 Å². The van der Waals surface area contributed by atoms with E-state index in [2.05, 4.69) is 24.1 Å². The maximum Gasteiger partial charge on any atom is 0.185 e. The lowest BCUT2D eigenvalue weighted by molar-refractivity contribution is 0.690. The Hall–Kier alpha value is -0.610. The predicted molar refractivity (Wildman–Crippen MR) is 84.3 cm³/mol. The van der Waals surface area contributed by atoms with Gasteiger partial charge in [0.05, 0.1) is 5.69 Å². The zero-order valence-corrected chi connectivity index (χ0v) is 13.4. The summed E-state index contributed by atoms with van der Waals surface area (Å²) in [6.07, 6.45) is 6.56. The van der Waals surface area contributed by atoms with Gasteiger partial charge in [0, 0.05) is 24.5 Å². The molecular weight excluding hydrogens is 254 g/mol. The highest BCUT2D eigenvalue weighted by molar-refractivity contribution is 7.15. The van der Waals surface area contributed by atoms with Crippen LogP contribution in [-0.4, -0.2) is 25.1 Å². The van der Waals surface area contributed by atoms with Crippen LogP contribution in [0.5, 0.6) is 0 Å². The smallest absolute Gasteiger partial charge is 0.185 e. The van der Waals surface area contributed by atoms with Crippen LogP contribution in [0, 0.1) is 0 Å². The molecule has 0 saturated carbocycles. The summed E-state index contributed by atoms with van der Waals surface area (Å²) >= 11 is 1.90. The molecule has 1 fully saturated rings. The average molecular weight is 281 g/mol. The van der Waals surface area contributed by atoms with Gasteiger partial charge in [0.1, 0.15) is 0 Å². The molecule has 1 unspecified atom stereocenters. The predicted octanol–water partition coefficient (Wildman–Crippen LogP) is 3.76. The van der Waals surface area contributed by atoms with E-state index in [-0.39, 0.29) is 0 Å². The molecule has 0 bridgehead atoms. The zero-order chi connectivity index (χ0) is 13.7. The fourth-order valence-corrected chi connectivity index (χ4v) is 3.86. The Morgan fingerprint density at radius 2 is 1.95 bits per heavy atom. The van der Waals surface area contributed by atoms with Gasteiger partial charge < -0.3 is 10.2 Å². The van der Waals surface area contributed by atoms with Crippen molar-refractivity contribution in [2.75, 3.05) is 25.0 Å². The molecule has 1 saturated heterocycles. The Kier molecular flexibility index (Phi) is 5.64. The number of aromatic nitrogens is 1. The number of hydrogen-bond acceptors (Lipinski definition) is 4. The number of thiazole rings is 1. The van der Waals surface area contributed by atoms with Crippen LogP contribution in [0.3, 0.4) is 0 Å². The molecule has 1 aliphatic heterocycles. The first-order valence-electron chi connectivity index (χ1n) is 7.65. The number of rotatable bonds is 5. The SMILES string of the molecule is CCC(C)c1nc(N2CCCCCC2)sc1CNC. The molecular formula is C15H27N3S. The standard InChI is InChI=1S/C15H27N3S/c1-4-12(2)14-13(11-16-3)19-15(17-14)18-9-7-5-6-8-10-18/h12,16H,4-11H2,1-3H3. The first-order chi connectivity index (χ1) is 9.26. The molecule has 2 rings (SSSR count). The molecule has 1 aliphatic rings. The van der Waals surface area contributed by atoms with Crippen molar-refractivity contribution in [3.05, 3.63) is 10.6 Å². The number of anilines is 1. The zero-order valence-electron chi connectivity index (χ0n) is 12.5. The normalized spacial score (nSPS) is 18.4. The van der Waals surface area contributed by atoms with E-state index >= 15 is 0 Å². The van der Waals surface area contributed by atoms with Gasteiger partial charge >= 0.3 is 0 Å². The van der Waals surface area contributed by atoms with Crippen LogP contribution in [0.4, 0.5) is 5.13 Å². The van der Waals surface area contributed by atoms with Gasteiger partial charge in [0.15, 0.2) is 5.13 Å². The second kappa shape index (κ2) is 7.25. The van der Waals surface area contributed by atoms with E-state index in [4.69, 9.17) is 4.98 Å². The van der Waals surface area contributed by atoms with Crippen molar-refractivity contribution >= 4 is 16.5 Å². The van der Waals surface area contributed by atoms with Gasteiger partial charge in [-0.05, 0) is 32.2 Å². The van der Waals surface area contributed by atoms with Crippen LogP contribution in [0.15, 0.2) is 0 Å². The Morgan fingerprint density at radius 1 is 1.26 bits per heavy atom. The molecule has 108 valence electrons. The highest BCUT2D eigenvalue weighted by atomic mass is 32.1. The largest absolute Gasteiger partial charge is 0.348 e. The third-order valence-corrected chi connectivity index (χ3v) is 5.14.